The second-order valence-electron chi connectivity index (χ2n) is 2.81. The summed E-state index contributed by atoms with van der Waals surface area (Å²) >= 11 is 0. The van der Waals surface area contributed by atoms with Crippen molar-refractivity contribution in [3.63, 3.8) is 0 Å². The zero-order valence-corrected chi connectivity index (χ0v) is 8.13. The van der Waals surface area contributed by atoms with Gasteiger partial charge >= 0.3 is 6.03 Å². The summed E-state index contributed by atoms with van der Waals surface area (Å²) < 4.78 is 10.0. The molecule has 0 radical (unpaired) electrons. The van der Waals surface area contributed by atoms with Crippen LogP contribution in [0.4, 0.5) is 4.79 Å². The Morgan fingerprint density at radius 2 is 1.93 bits per heavy atom. The highest BCUT2D eigenvalue weighted by molar-refractivity contribution is 5.77. The average molecular weight is 206 g/mol. The summed E-state index contributed by atoms with van der Waals surface area (Å²) in [6.07, 6.45) is 0. The Labute approximate surface area is 81.4 Å². The third-order valence-corrected chi connectivity index (χ3v) is 2.25. The van der Waals surface area contributed by atoms with Crippen LogP contribution in [-0.2, 0) is 9.47 Å². The lowest BCUT2D eigenvalue weighted by Crippen LogP contribution is -2.50. The zero-order valence-electron chi connectivity index (χ0n) is 8.13. The van der Waals surface area contributed by atoms with E-state index in [1.54, 1.807) is 0 Å². The second-order valence-corrected chi connectivity index (χ2v) is 2.81. The molecule has 0 spiro atoms. The largest absolute Gasteiger partial charge is 0.376 e. The Morgan fingerprint density at radius 1 is 1.36 bits per heavy atom. The number of hydrogen-bond acceptors (Lipinski definition) is 5. The van der Waals surface area contributed by atoms with E-state index in [1.807, 2.05) is 0 Å². The van der Waals surface area contributed by atoms with Crippen molar-refractivity contribution in [3.8, 4) is 0 Å². The van der Waals surface area contributed by atoms with Gasteiger partial charge in [0.1, 0.15) is 20.0 Å². The van der Waals surface area contributed by atoms with Gasteiger partial charge in [-0.3, -0.25) is 4.90 Å². The fourth-order valence-electron chi connectivity index (χ4n) is 1.42. The Kier molecular flexibility index (Phi) is 3.27. The summed E-state index contributed by atoms with van der Waals surface area (Å²) in [5.41, 5.74) is 0. The standard InChI is InChI=1S/C7H14N2O5/c1-13-7(14-2)3-8(4-10)6(12)9(7)5-11/h10-11H,3-5H2,1-2H3. The summed E-state index contributed by atoms with van der Waals surface area (Å²) in [7, 11) is 2.72. The smallest absolute Gasteiger partial charge is 0.328 e. The molecule has 1 saturated heterocycles. The number of aliphatic hydroxyl groups is 2. The topological polar surface area (TPSA) is 82.5 Å². The molecule has 0 atom stereocenters. The summed E-state index contributed by atoms with van der Waals surface area (Å²) in [6, 6.07) is -0.529. The zero-order chi connectivity index (χ0) is 10.8. The second kappa shape index (κ2) is 4.09. The molecular formula is C7H14N2O5. The summed E-state index contributed by atoms with van der Waals surface area (Å²) in [5.74, 6) is -1.31. The first-order valence-corrected chi connectivity index (χ1v) is 4.03. The van der Waals surface area contributed by atoms with Crippen molar-refractivity contribution in [3.05, 3.63) is 0 Å². The maximum Gasteiger partial charge on any atom is 0.328 e. The number of carbonyl (C=O) groups excluding carboxylic acids is 1. The molecule has 0 aliphatic carbocycles. The third-order valence-electron chi connectivity index (χ3n) is 2.25. The molecule has 1 rings (SSSR count). The Hall–Kier alpha value is -0.890. The first-order valence-electron chi connectivity index (χ1n) is 4.03. The number of urea groups is 1. The monoisotopic (exact) mass is 206 g/mol. The van der Waals surface area contributed by atoms with E-state index in [-0.39, 0.29) is 6.54 Å². The quantitative estimate of drug-likeness (QED) is 0.551. The van der Waals surface area contributed by atoms with E-state index in [4.69, 9.17) is 19.7 Å². The normalized spacial score (nSPS) is 20.7. The molecule has 82 valence electrons. The van der Waals surface area contributed by atoms with Crippen molar-refractivity contribution in [2.75, 3.05) is 34.2 Å². The lowest BCUT2D eigenvalue weighted by Gasteiger charge is -2.31. The number of amides is 2. The lowest BCUT2D eigenvalue weighted by molar-refractivity contribution is -0.273. The van der Waals surface area contributed by atoms with Crippen molar-refractivity contribution in [1.29, 1.82) is 0 Å². The summed E-state index contributed by atoms with van der Waals surface area (Å²) in [6.45, 7) is -0.920. The predicted octanol–water partition coefficient (Wildman–Crippen LogP) is -1.43. The highest BCUT2D eigenvalue weighted by Crippen LogP contribution is 2.26. The van der Waals surface area contributed by atoms with E-state index in [9.17, 15) is 4.79 Å². The van der Waals surface area contributed by atoms with Gasteiger partial charge in [0.2, 0.25) is 0 Å². The number of nitrogens with zero attached hydrogens (tertiary/aromatic N) is 2. The highest BCUT2D eigenvalue weighted by atomic mass is 16.7. The fraction of sp³-hybridized carbons (Fsp3) is 0.857. The van der Waals surface area contributed by atoms with Crippen LogP contribution in [0.5, 0.6) is 0 Å². The molecule has 7 heteroatoms. The van der Waals surface area contributed by atoms with Crippen molar-refractivity contribution in [1.82, 2.24) is 9.80 Å². The van der Waals surface area contributed by atoms with Gasteiger partial charge in [-0.05, 0) is 0 Å². The highest BCUT2D eigenvalue weighted by Gasteiger charge is 2.50. The predicted molar refractivity (Wildman–Crippen MR) is 44.9 cm³/mol. The van der Waals surface area contributed by atoms with Crippen LogP contribution in [0.25, 0.3) is 0 Å². The molecule has 14 heavy (non-hydrogen) atoms. The van der Waals surface area contributed by atoms with Gasteiger partial charge in [-0.15, -0.1) is 0 Å². The number of carbonyl (C=O) groups is 1. The first kappa shape index (κ1) is 11.2. The lowest BCUT2D eigenvalue weighted by atomic mass is 10.4. The van der Waals surface area contributed by atoms with Gasteiger partial charge < -0.3 is 19.7 Å². The molecule has 0 aromatic rings. The van der Waals surface area contributed by atoms with Crippen LogP contribution >= 0.6 is 0 Å². The van der Waals surface area contributed by atoms with Gasteiger partial charge in [0.25, 0.3) is 5.91 Å². The minimum absolute atomic E-state index is 0.0515. The van der Waals surface area contributed by atoms with Gasteiger partial charge in [0.15, 0.2) is 0 Å². The molecule has 1 heterocycles. The van der Waals surface area contributed by atoms with Crippen LogP contribution in [0.15, 0.2) is 0 Å². The van der Waals surface area contributed by atoms with Crippen LogP contribution < -0.4 is 0 Å². The number of ether oxygens (including phenoxy) is 2. The van der Waals surface area contributed by atoms with E-state index < -0.39 is 25.4 Å². The minimum Gasteiger partial charge on any atom is -0.376 e. The Bertz CT molecular complexity index is 218. The van der Waals surface area contributed by atoms with E-state index in [0.29, 0.717) is 0 Å². The van der Waals surface area contributed by atoms with Crippen LogP contribution in [0, 0.1) is 0 Å². The number of aliphatic hydroxyl groups excluding tert-OH is 2. The van der Waals surface area contributed by atoms with Crippen molar-refractivity contribution in [2.24, 2.45) is 0 Å². The maximum atomic E-state index is 11.5. The maximum absolute atomic E-state index is 11.5. The van der Waals surface area contributed by atoms with E-state index in [0.717, 1.165) is 9.80 Å². The van der Waals surface area contributed by atoms with E-state index in [1.165, 1.54) is 14.2 Å². The summed E-state index contributed by atoms with van der Waals surface area (Å²) in [5, 5.41) is 17.8. The fourth-order valence-corrected chi connectivity index (χ4v) is 1.42. The molecule has 1 aliphatic heterocycles. The van der Waals surface area contributed by atoms with Gasteiger partial charge in [-0.25, -0.2) is 9.69 Å². The molecule has 0 saturated carbocycles. The number of hydrogen-bond donors (Lipinski definition) is 2. The molecule has 7 nitrogen and oxygen atoms in total. The molecule has 2 amide bonds. The molecule has 0 unspecified atom stereocenters. The van der Waals surface area contributed by atoms with Crippen LogP contribution in [0.1, 0.15) is 0 Å². The average Bonchev–Trinajstić information content (AvgIpc) is 2.51. The van der Waals surface area contributed by atoms with Crippen LogP contribution in [0.3, 0.4) is 0 Å². The summed E-state index contributed by atoms with van der Waals surface area (Å²) in [4.78, 5) is 13.6. The molecule has 1 fully saturated rings. The first-order chi connectivity index (χ1) is 6.65. The van der Waals surface area contributed by atoms with Gasteiger partial charge in [-0.2, -0.15) is 0 Å². The Morgan fingerprint density at radius 3 is 2.21 bits per heavy atom. The van der Waals surface area contributed by atoms with Crippen molar-refractivity contribution >= 4 is 6.03 Å². The molecule has 0 bridgehead atoms. The molecule has 1 aliphatic rings. The van der Waals surface area contributed by atoms with E-state index >= 15 is 0 Å². The van der Waals surface area contributed by atoms with Gasteiger partial charge in [0.05, 0.1) is 0 Å². The minimum atomic E-state index is -1.31. The van der Waals surface area contributed by atoms with Crippen molar-refractivity contribution in [2.45, 2.75) is 5.91 Å². The van der Waals surface area contributed by atoms with Crippen molar-refractivity contribution < 1.29 is 24.5 Å². The van der Waals surface area contributed by atoms with E-state index in [2.05, 4.69) is 0 Å². The number of rotatable bonds is 4. The molecule has 0 aromatic carbocycles. The molecular weight excluding hydrogens is 192 g/mol. The number of methoxy groups -OCH3 is 2. The molecule has 2 N–H and O–H groups in total. The van der Waals surface area contributed by atoms with Gasteiger partial charge in [0, 0.05) is 14.2 Å². The Balaban J connectivity index is 2.91. The van der Waals surface area contributed by atoms with Gasteiger partial charge in [-0.1, -0.05) is 0 Å². The third kappa shape index (κ3) is 1.44. The van der Waals surface area contributed by atoms with Crippen LogP contribution in [-0.4, -0.2) is 66.2 Å². The van der Waals surface area contributed by atoms with Crippen LogP contribution in [0.2, 0.25) is 0 Å². The molecule has 0 aromatic heterocycles. The SMILES string of the molecule is COC1(OC)CN(CO)C(=O)N1CO.